The van der Waals surface area contributed by atoms with Crippen LogP contribution in [0, 0.1) is 11.8 Å². The third kappa shape index (κ3) is 3.08. The molecular weight excluding hydrogens is 218 g/mol. The molecule has 17 heavy (non-hydrogen) atoms. The van der Waals surface area contributed by atoms with Crippen LogP contribution in [-0.2, 0) is 9.59 Å². The molecule has 1 saturated carbocycles. The third-order valence-corrected chi connectivity index (χ3v) is 3.38. The molecule has 0 aromatic carbocycles. The van der Waals surface area contributed by atoms with Crippen molar-refractivity contribution in [2.75, 3.05) is 6.54 Å². The average Bonchev–Trinajstić information content (AvgIpc) is 2.73. The summed E-state index contributed by atoms with van der Waals surface area (Å²) < 4.78 is 0. The van der Waals surface area contributed by atoms with E-state index in [-0.39, 0.29) is 17.9 Å². The molecule has 0 unspecified atom stereocenters. The lowest BCUT2D eigenvalue weighted by atomic mass is 9.94. The molecule has 1 fully saturated rings. The van der Waals surface area contributed by atoms with Crippen molar-refractivity contribution >= 4 is 11.9 Å². The Morgan fingerprint density at radius 2 is 2.00 bits per heavy atom. The highest BCUT2D eigenvalue weighted by atomic mass is 16.4. The van der Waals surface area contributed by atoms with Crippen LogP contribution in [0.3, 0.4) is 0 Å². The predicted molar refractivity (Wildman–Crippen MR) is 65.5 cm³/mol. The van der Waals surface area contributed by atoms with E-state index in [1.165, 1.54) is 0 Å². The minimum Gasteiger partial charge on any atom is -0.481 e. The van der Waals surface area contributed by atoms with Gasteiger partial charge < -0.3 is 10.0 Å². The fraction of sp³-hybridized carbons (Fsp3) is 0.692. The van der Waals surface area contributed by atoms with Gasteiger partial charge in [-0.05, 0) is 26.7 Å². The number of hydrogen-bond acceptors (Lipinski definition) is 2. The average molecular weight is 239 g/mol. The predicted octanol–water partition coefficient (Wildman–Crippen LogP) is 1.91. The molecule has 1 aliphatic carbocycles. The first kappa shape index (κ1) is 13.7. The second-order valence-electron chi connectivity index (χ2n) is 4.86. The van der Waals surface area contributed by atoms with Crippen LogP contribution in [0.15, 0.2) is 12.7 Å². The van der Waals surface area contributed by atoms with Gasteiger partial charge in [0.1, 0.15) is 0 Å². The van der Waals surface area contributed by atoms with E-state index >= 15 is 0 Å². The molecule has 0 aromatic rings. The molecule has 4 nitrogen and oxygen atoms in total. The van der Waals surface area contributed by atoms with E-state index < -0.39 is 11.9 Å². The van der Waals surface area contributed by atoms with Crippen molar-refractivity contribution in [3.63, 3.8) is 0 Å². The molecule has 0 heterocycles. The van der Waals surface area contributed by atoms with Gasteiger partial charge >= 0.3 is 5.97 Å². The Labute approximate surface area is 102 Å². The summed E-state index contributed by atoms with van der Waals surface area (Å²) in [5.41, 5.74) is 0. The molecule has 0 spiro atoms. The second-order valence-corrected chi connectivity index (χ2v) is 4.86. The number of carbonyl (C=O) groups is 2. The van der Waals surface area contributed by atoms with Gasteiger partial charge in [0.2, 0.25) is 5.91 Å². The van der Waals surface area contributed by atoms with E-state index in [9.17, 15) is 9.59 Å². The Balaban J connectivity index is 2.79. The molecule has 0 radical (unpaired) electrons. The fourth-order valence-corrected chi connectivity index (χ4v) is 2.46. The zero-order chi connectivity index (χ0) is 13.0. The lowest BCUT2D eigenvalue weighted by Gasteiger charge is -2.29. The van der Waals surface area contributed by atoms with Gasteiger partial charge in [-0.2, -0.15) is 0 Å². The van der Waals surface area contributed by atoms with Crippen LogP contribution < -0.4 is 0 Å². The highest BCUT2D eigenvalue weighted by molar-refractivity contribution is 5.85. The summed E-state index contributed by atoms with van der Waals surface area (Å²) in [6.45, 7) is 7.99. The SMILES string of the molecule is C=CCN(C(=O)[C@@H]1CCC[C@@H]1C(=O)O)C(C)C. The van der Waals surface area contributed by atoms with Gasteiger partial charge in [0.25, 0.3) is 0 Å². The molecule has 0 aliphatic heterocycles. The van der Waals surface area contributed by atoms with Gasteiger partial charge in [0, 0.05) is 12.6 Å². The summed E-state index contributed by atoms with van der Waals surface area (Å²) in [7, 11) is 0. The third-order valence-electron chi connectivity index (χ3n) is 3.38. The van der Waals surface area contributed by atoms with Gasteiger partial charge in [-0.25, -0.2) is 0 Å². The first-order valence-corrected chi connectivity index (χ1v) is 6.13. The van der Waals surface area contributed by atoms with Gasteiger partial charge in [0.05, 0.1) is 11.8 Å². The molecule has 0 saturated heterocycles. The van der Waals surface area contributed by atoms with Crippen LogP contribution in [0.1, 0.15) is 33.1 Å². The highest BCUT2D eigenvalue weighted by Crippen LogP contribution is 2.33. The van der Waals surface area contributed by atoms with E-state index in [1.807, 2.05) is 13.8 Å². The molecule has 96 valence electrons. The second kappa shape index (κ2) is 5.84. The molecular formula is C13H21NO3. The quantitative estimate of drug-likeness (QED) is 0.746. The van der Waals surface area contributed by atoms with Gasteiger partial charge in [-0.3, -0.25) is 9.59 Å². The monoisotopic (exact) mass is 239 g/mol. The van der Waals surface area contributed by atoms with Crippen molar-refractivity contribution in [1.82, 2.24) is 4.90 Å². The molecule has 1 amide bonds. The minimum atomic E-state index is -0.844. The van der Waals surface area contributed by atoms with Crippen LogP contribution in [-0.4, -0.2) is 34.5 Å². The molecule has 1 N–H and O–H groups in total. The highest BCUT2D eigenvalue weighted by Gasteiger charge is 2.39. The number of nitrogens with zero attached hydrogens (tertiary/aromatic N) is 1. The van der Waals surface area contributed by atoms with Crippen molar-refractivity contribution in [3.05, 3.63) is 12.7 Å². The fourth-order valence-electron chi connectivity index (χ4n) is 2.46. The lowest BCUT2D eigenvalue weighted by molar-refractivity contribution is -0.149. The maximum Gasteiger partial charge on any atom is 0.307 e. The van der Waals surface area contributed by atoms with Crippen LogP contribution in [0.4, 0.5) is 0 Å². The Bertz CT molecular complexity index is 312. The van der Waals surface area contributed by atoms with Crippen LogP contribution in [0.25, 0.3) is 0 Å². The largest absolute Gasteiger partial charge is 0.481 e. The first-order valence-electron chi connectivity index (χ1n) is 6.13. The van der Waals surface area contributed by atoms with Gasteiger partial charge in [0.15, 0.2) is 0 Å². The van der Waals surface area contributed by atoms with Crippen molar-refractivity contribution in [1.29, 1.82) is 0 Å². The summed E-state index contributed by atoms with van der Waals surface area (Å²) in [6.07, 6.45) is 3.82. The Hall–Kier alpha value is -1.32. The van der Waals surface area contributed by atoms with Crippen LogP contribution in [0.2, 0.25) is 0 Å². The summed E-state index contributed by atoms with van der Waals surface area (Å²) in [4.78, 5) is 25.1. The number of rotatable bonds is 5. The molecule has 0 aromatic heterocycles. The van der Waals surface area contributed by atoms with E-state index in [1.54, 1.807) is 11.0 Å². The lowest BCUT2D eigenvalue weighted by Crippen LogP contribution is -2.43. The minimum absolute atomic E-state index is 0.0372. The summed E-state index contributed by atoms with van der Waals surface area (Å²) in [5, 5.41) is 9.09. The Morgan fingerprint density at radius 1 is 1.41 bits per heavy atom. The Morgan fingerprint density at radius 3 is 2.47 bits per heavy atom. The number of carboxylic acid groups (broad SMARTS) is 1. The maximum atomic E-state index is 12.3. The van der Waals surface area contributed by atoms with E-state index in [4.69, 9.17) is 5.11 Å². The zero-order valence-electron chi connectivity index (χ0n) is 10.6. The molecule has 4 heteroatoms. The molecule has 2 atom stereocenters. The Kier molecular flexibility index (Phi) is 4.73. The smallest absolute Gasteiger partial charge is 0.307 e. The zero-order valence-corrected chi connectivity index (χ0v) is 10.6. The molecule has 0 bridgehead atoms. The normalized spacial score (nSPS) is 23.7. The number of hydrogen-bond donors (Lipinski definition) is 1. The van der Waals surface area contributed by atoms with Crippen LogP contribution >= 0.6 is 0 Å². The maximum absolute atomic E-state index is 12.3. The first-order chi connectivity index (χ1) is 7.99. The van der Waals surface area contributed by atoms with E-state index in [0.29, 0.717) is 19.4 Å². The van der Waals surface area contributed by atoms with Gasteiger partial charge in [-0.15, -0.1) is 6.58 Å². The summed E-state index contributed by atoms with van der Waals surface area (Å²) in [6, 6.07) is 0.0792. The van der Waals surface area contributed by atoms with Gasteiger partial charge in [-0.1, -0.05) is 12.5 Å². The van der Waals surface area contributed by atoms with Crippen molar-refractivity contribution in [2.24, 2.45) is 11.8 Å². The van der Waals surface area contributed by atoms with E-state index in [2.05, 4.69) is 6.58 Å². The van der Waals surface area contributed by atoms with Crippen LogP contribution in [0.5, 0.6) is 0 Å². The standard InChI is InChI=1S/C13H21NO3/c1-4-8-14(9(2)3)12(15)10-6-5-7-11(10)13(16)17/h4,9-11H,1,5-8H2,2-3H3,(H,16,17)/t10-,11+/m1/s1. The van der Waals surface area contributed by atoms with E-state index in [0.717, 1.165) is 6.42 Å². The number of carbonyl (C=O) groups excluding carboxylic acids is 1. The topological polar surface area (TPSA) is 57.6 Å². The number of aliphatic carboxylic acids is 1. The summed E-state index contributed by atoms with van der Waals surface area (Å²) in [5.74, 6) is -1.74. The summed E-state index contributed by atoms with van der Waals surface area (Å²) >= 11 is 0. The van der Waals surface area contributed by atoms with Crippen molar-refractivity contribution in [2.45, 2.75) is 39.2 Å². The van der Waals surface area contributed by atoms with Crippen molar-refractivity contribution < 1.29 is 14.7 Å². The van der Waals surface area contributed by atoms with Crippen molar-refractivity contribution in [3.8, 4) is 0 Å². The number of amides is 1. The molecule has 1 rings (SSSR count). The molecule has 1 aliphatic rings. The number of carboxylic acids is 1.